The third kappa shape index (κ3) is 8.92. The molecule has 0 aliphatic carbocycles. The quantitative estimate of drug-likeness (QED) is 0.133. The van der Waals surface area contributed by atoms with Crippen molar-refractivity contribution in [3.8, 4) is 0 Å². The van der Waals surface area contributed by atoms with Crippen LogP contribution >= 0.6 is 11.8 Å². The van der Waals surface area contributed by atoms with Crippen LogP contribution in [0.4, 0.5) is 11.4 Å². The Morgan fingerprint density at radius 3 is 2.10 bits per heavy atom. The molecule has 0 radical (unpaired) electrons. The Labute approximate surface area is 182 Å². The van der Waals surface area contributed by atoms with Crippen molar-refractivity contribution in [2.24, 2.45) is 10.2 Å². The van der Waals surface area contributed by atoms with Crippen molar-refractivity contribution in [1.82, 2.24) is 0 Å². The van der Waals surface area contributed by atoms with Crippen molar-refractivity contribution < 1.29 is 17.9 Å². The lowest BCUT2D eigenvalue weighted by molar-refractivity contribution is -0.137. The van der Waals surface area contributed by atoms with Gasteiger partial charge in [-0.2, -0.15) is 10.2 Å². The number of carbonyl (C=O) groups excluding carboxylic acids is 1. The second-order valence-electron chi connectivity index (χ2n) is 6.59. The smallest absolute Gasteiger partial charge is 0.330 e. The van der Waals surface area contributed by atoms with Gasteiger partial charge >= 0.3 is 5.97 Å². The van der Waals surface area contributed by atoms with Crippen LogP contribution in [0.2, 0.25) is 0 Å². The molecule has 0 fully saturated rings. The van der Waals surface area contributed by atoms with Crippen molar-refractivity contribution >= 4 is 38.9 Å². The summed E-state index contributed by atoms with van der Waals surface area (Å²) in [5, 5.41) is 8.33. The maximum Gasteiger partial charge on any atom is 0.330 e. The third-order valence-corrected chi connectivity index (χ3v) is 6.33. The van der Waals surface area contributed by atoms with E-state index in [2.05, 4.69) is 16.8 Å². The largest absolute Gasteiger partial charge is 0.463 e. The molecule has 160 valence electrons. The number of azo groups is 1. The first-order chi connectivity index (χ1) is 14.4. The number of ether oxygens (including phenoxy) is 1. The van der Waals surface area contributed by atoms with Crippen molar-refractivity contribution in [3.05, 3.63) is 61.2 Å². The average molecular weight is 447 g/mol. The third-order valence-electron chi connectivity index (χ3n) is 4.10. The summed E-state index contributed by atoms with van der Waals surface area (Å²) in [6.07, 6.45) is 6.47. The van der Waals surface area contributed by atoms with Crippen LogP contribution in [0.25, 0.3) is 0 Å². The Hall–Kier alpha value is -2.45. The van der Waals surface area contributed by atoms with Crippen LogP contribution in [0.1, 0.15) is 25.7 Å². The van der Waals surface area contributed by atoms with Gasteiger partial charge in [-0.3, -0.25) is 0 Å². The first kappa shape index (κ1) is 23.8. The Morgan fingerprint density at radius 1 is 0.967 bits per heavy atom. The fraction of sp³-hybridized carbons (Fsp3) is 0.318. The van der Waals surface area contributed by atoms with E-state index in [0.717, 1.165) is 37.1 Å². The molecule has 30 heavy (non-hydrogen) atoms. The predicted molar refractivity (Wildman–Crippen MR) is 121 cm³/mol. The number of carbonyl (C=O) groups is 1. The summed E-state index contributed by atoms with van der Waals surface area (Å²) in [6, 6.07) is 14.2. The number of benzene rings is 2. The number of unbranched alkanes of at least 4 members (excludes halogenated alkanes) is 3. The minimum atomic E-state index is -3.21. The summed E-state index contributed by atoms with van der Waals surface area (Å²) < 4.78 is 27.9. The fourth-order valence-electron chi connectivity index (χ4n) is 2.46. The lowest BCUT2D eigenvalue weighted by Crippen LogP contribution is -2.01. The summed E-state index contributed by atoms with van der Waals surface area (Å²) in [5.74, 6) is 0.665. The lowest BCUT2D eigenvalue weighted by atomic mass is 10.2. The first-order valence-corrected chi connectivity index (χ1v) is 12.5. The maximum atomic E-state index is 11.5. The van der Waals surface area contributed by atoms with E-state index in [-0.39, 0.29) is 10.9 Å². The summed E-state index contributed by atoms with van der Waals surface area (Å²) >= 11 is 1.79. The number of hydrogen-bond donors (Lipinski definition) is 0. The van der Waals surface area contributed by atoms with Crippen LogP contribution in [-0.4, -0.2) is 33.0 Å². The van der Waals surface area contributed by atoms with Gasteiger partial charge in [0.2, 0.25) is 0 Å². The summed E-state index contributed by atoms with van der Waals surface area (Å²) in [6.45, 7) is 3.82. The number of rotatable bonds is 12. The van der Waals surface area contributed by atoms with Crippen molar-refractivity contribution in [3.63, 3.8) is 0 Å². The van der Waals surface area contributed by atoms with Crippen LogP contribution in [-0.2, 0) is 19.4 Å². The standard InChI is InChI=1S/C22H26N2O4S2/c1-3-22(25)28-16-6-4-5-7-17-29-20-12-8-18(9-13-20)23-24-19-10-14-21(15-11-19)30(2,26)27/h3,8-15H,1,4-7,16-17H2,2H3. The van der Waals surface area contributed by atoms with E-state index in [9.17, 15) is 13.2 Å². The molecule has 0 heterocycles. The summed E-state index contributed by atoms with van der Waals surface area (Å²) in [5.41, 5.74) is 1.33. The van der Waals surface area contributed by atoms with E-state index in [1.807, 2.05) is 24.3 Å². The molecular weight excluding hydrogens is 420 g/mol. The molecule has 6 nitrogen and oxygen atoms in total. The topological polar surface area (TPSA) is 85.2 Å². The molecule has 0 aromatic heterocycles. The molecule has 2 aromatic rings. The Bertz CT molecular complexity index is 954. The molecule has 0 saturated heterocycles. The van der Waals surface area contributed by atoms with Gasteiger partial charge in [-0.05, 0) is 67.1 Å². The van der Waals surface area contributed by atoms with Crippen LogP contribution in [0, 0.1) is 0 Å². The molecular formula is C22H26N2O4S2. The molecule has 0 aliphatic rings. The monoisotopic (exact) mass is 446 g/mol. The van der Waals surface area contributed by atoms with E-state index in [4.69, 9.17) is 4.74 Å². The van der Waals surface area contributed by atoms with Gasteiger partial charge in [-0.25, -0.2) is 13.2 Å². The Morgan fingerprint density at radius 2 is 1.53 bits per heavy atom. The second-order valence-corrected chi connectivity index (χ2v) is 9.78. The number of nitrogens with zero attached hydrogens (tertiary/aromatic N) is 2. The van der Waals surface area contributed by atoms with Crippen molar-refractivity contribution in [1.29, 1.82) is 0 Å². The molecule has 8 heteroatoms. The molecule has 0 bridgehead atoms. The SMILES string of the molecule is C=CC(=O)OCCCCCCSc1ccc(N=Nc2ccc(S(C)(=O)=O)cc2)cc1. The van der Waals surface area contributed by atoms with E-state index in [1.165, 1.54) is 29.4 Å². The fourth-order valence-corrected chi connectivity index (χ4v) is 4.01. The van der Waals surface area contributed by atoms with Crippen LogP contribution < -0.4 is 0 Å². The van der Waals surface area contributed by atoms with Gasteiger partial charge in [0.1, 0.15) is 0 Å². The van der Waals surface area contributed by atoms with Crippen LogP contribution in [0.15, 0.2) is 81.2 Å². The molecule has 0 aliphatic heterocycles. The van der Waals surface area contributed by atoms with Gasteiger partial charge in [0, 0.05) is 17.2 Å². The van der Waals surface area contributed by atoms with Gasteiger partial charge in [0.25, 0.3) is 0 Å². The minimum Gasteiger partial charge on any atom is -0.463 e. The van der Waals surface area contributed by atoms with E-state index >= 15 is 0 Å². The Kier molecular flexibility index (Phi) is 9.76. The van der Waals surface area contributed by atoms with Crippen LogP contribution in [0.3, 0.4) is 0 Å². The number of sulfone groups is 1. The highest BCUT2D eigenvalue weighted by molar-refractivity contribution is 7.99. The zero-order valence-corrected chi connectivity index (χ0v) is 18.6. The summed E-state index contributed by atoms with van der Waals surface area (Å²) in [4.78, 5) is 12.3. The molecule has 0 atom stereocenters. The maximum absolute atomic E-state index is 11.5. The lowest BCUT2D eigenvalue weighted by Gasteiger charge is -2.03. The van der Waals surface area contributed by atoms with Gasteiger partial charge < -0.3 is 4.74 Å². The summed E-state index contributed by atoms with van der Waals surface area (Å²) in [7, 11) is -3.21. The molecule has 2 rings (SSSR count). The van der Waals surface area contributed by atoms with E-state index < -0.39 is 9.84 Å². The molecule has 0 saturated carbocycles. The number of thioether (sulfide) groups is 1. The number of esters is 1. The highest BCUT2D eigenvalue weighted by Gasteiger charge is 2.05. The van der Waals surface area contributed by atoms with Gasteiger partial charge in [-0.15, -0.1) is 11.8 Å². The zero-order chi connectivity index (χ0) is 21.8. The van der Waals surface area contributed by atoms with Crippen molar-refractivity contribution in [2.75, 3.05) is 18.6 Å². The van der Waals surface area contributed by atoms with E-state index in [1.54, 1.807) is 23.9 Å². The zero-order valence-electron chi connectivity index (χ0n) is 17.0. The van der Waals surface area contributed by atoms with Crippen molar-refractivity contribution in [2.45, 2.75) is 35.5 Å². The predicted octanol–water partition coefficient (Wildman–Crippen LogP) is 5.89. The van der Waals surface area contributed by atoms with Crippen LogP contribution in [0.5, 0.6) is 0 Å². The van der Waals surface area contributed by atoms with Gasteiger partial charge in [-0.1, -0.05) is 19.4 Å². The van der Waals surface area contributed by atoms with E-state index in [0.29, 0.717) is 12.3 Å². The van der Waals surface area contributed by atoms with Gasteiger partial charge in [0.05, 0.1) is 22.9 Å². The average Bonchev–Trinajstić information content (AvgIpc) is 2.74. The minimum absolute atomic E-state index is 0.263. The number of hydrogen-bond acceptors (Lipinski definition) is 7. The van der Waals surface area contributed by atoms with Gasteiger partial charge in [0.15, 0.2) is 9.84 Å². The molecule has 0 N–H and O–H groups in total. The molecule has 0 spiro atoms. The normalized spacial score (nSPS) is 11.5. The molecule has 0 amide bonds. The molecule has 0 unspecified atom stereocenters. The molecule has 2 aromatic carbocycles. The Balaban J connectivity index is 1.69. The first-order valence-electron chi connectivity index (χ1n) is 9.62. The second kappa shape index (κ2) is 12.3. The highest BCUT2D eigenvalue weighted by atomic mass is 32.2. The highest BCUT2D eigenvalue weighted by Crippen LogP contribution is 2.25.